The van der Waals surface area contributed by atoms with Gasteiger partial charge in [-0.3, -0.25) is 43.2 Å². The molecule has 22 heteroatoms. The monoisotopic (exact) mass is 926 g/mol. The molecule has 1 rings (SSSR count). The number of carbonyl (C=O) groups is 10. The van der Waals surface area contributed by atoms with Gasteiger partial charge in [0.2, 0.25) is 53.2 Å². The molecular weight excluding hydrogens is 851 g/mol. The number of carboxylic acid groups (broad SMARTS) is 1. The number of amides is 9. The first-order valence-corrected chi connectivity index (χ1v) is 22.6. The Kier molecular flexibility index (Phi) is 25.3. The fraction of sp³-hybridized carbons (Fsp3) is 0.767. The van der Waals surface area contributed by atoms with Crippen LogP contribution in [-0.2, 0) is 47.9 Å². The molecule has 1 fully saturated rings. The number of nitrogens with zero attached hydrogens (tertiary/aromatic N) is 1. The number of hydrogen-bond acceptors (Lipinski definition) is 12. The minimum Gasteiger partial charge on any atom is -0.480 e. The molecule has 22 nitrogen and oxygen atoms in total. The second-order valence-corrected chi connectivity index (χ2v) is 17.6. The van der Waals surface area contributed by atoms with E-state index < -0.39 is 132 Å². The number of carboxylic acids is 1. The minimum absolute atomic E-state index is 0.143. The number of unbranched alkanes of at least 4 members (excludes halogenated alkanes) is 4. The first-order valence-electron chi connectivity index (χ1n) is 22.6. The third-order valence-electron chi connectivity index (χ3n) is 11.0. The van der Waals surface area contributed by atoms with Crippen molar-refractivity contribution in [1.82, 2.24) is 42.1 Å². The van der Waals surface area contributed by atoms with Gasteiger partial charge in [-0.15, -0.1) is 0 Å². The van der Waals surface area contributed by atoms with Crippen LogP contribution in [0.1, 0.15) is 133 Å². The number of rotatable bonds is 29. The maximum atomic E-state index is 13.5. The Morgan fingerprint density at radius 3 is 1.66 bits per heavy atom. The van der Waals surface area contributed by atoms with E-state index in [2.05, 4.69) is 44.1 Å². The summed E-state index contributed by atoms with van der Waals surface area (Å²) >= 11 is 0. The molecule has 0 bridgehead atoms. The Balaban J connectivity index is 2.94. The topological polar surface area (TPSA) is 345 Å². The molecule has 0 aliphatic carbocycles. The highest BCUT2D eigenvalue weighted by Gasteiger charge is 2.39. The minimum atomic E-state index is -1.60. The molecule has 0 aromatic carbocycles. The van der Waals surface area contributed by atoms with E-state index in [0.717, 1.165) is 32.1 Å². The van der Waals surface area contributed by atoms with E-state index in [1.54, 1.807) is 27.7 Å². The normalized spacial score (nSPS) is 17.8. The van der Waals surface area contributed by atoms with Crippen molar-refractivity contribution in [2.45, 2.75) is 193 Å². The average molecular weight is 926 g/mol. The van der Waals surface area contributed by atoms with Gasteiger partial charge in [0.05, 0.1) is 18.6 Å². The summed E-state index contributed by atoms with van der Waals surface area (Å²) in [6, 6.07) is -10.1. The number of nitrogens with one attached hydrogen (secondary N) is 7. The molecule has 9 amide bonds. The van der Waals surface area contributed by atoms with Crippen molar-refractivity contribution >= 4 is 59.1 Å². The third-order valence-corrected chi connectivity index (χ3v) is 11.0. The van der Waals surface area contributed by atoms with Gasteiger partial charge in [-0.1, -0.05) is 66.7 Å². The molecule has 0 spiro atoms. The summed E-state index contributed by atoms with van der Waals surface area (Å²) in [5.74, 6) is -9.16. The molecule has 1 heterocycles. The number of likely N-dealkylation sites (tertiary alicyclic amines) is 1. The van der Waals surface area contributed by atoms with Gasteiger partial charge in [-0.25, -0.2) is 4.79 Å². The number of aliphatic carboxylic acids is 1. The molecule has 370 valence electrons. The maximum absolute atomic E-state index is 13.5. The largest absolute Gasteiger partial charge is 0.480 e. The summed E-state index contributed by atoms with van der Waals surface area (Å²) in [4.78, 5) is 130. The van der Waals surface area contributed by atoms with Gasteiger partial charge in [0.1, 0.15) is 42.3 Å². The zero-order valence-electron chi connectivity index (χ0n) is 39.4. The highest BCUT2D eigenvalue weighted by Crippen LogP contribution is 2.19. The second-order valence-electron chi connectivity index (χ2n) is 17.6. The van der Waals surface area contributed by atoms with E-state index in [9.17, 15) is 63.3 Å². The molecule has 0 saturated carbocycles. The Hall–Kier alpha value is -5.38. The number of hydrogen-bond donors (Lipinski definition) is 11. The third kappa shape index (κ3) is 20.1. The van der Waals surface area contributed by atoms with Crippen molar-refractivity contribution in [3.05, 3.63) is 0 Å². The number of carbonyl (C=O) groups excluding carboxylic acids is 9. The van der Waals surface area contributed by atoms with Crippen LogP contribution in [0.4, 0.5) is 0 Å². The summed E-state index contributed by atoms with van der Waals surface area (Å²) in [5, 5.41) is 46.8. The molecule has 10 atom stereocenters. The van der Waals surface area contributed by atoms with Gasteiger partial charge < -0.3 is 63.2 Å². The van der Waals surface area contributed by atoms with E-state index in [4.69, 9.17) is 5.73 Å². The lowest BCUT2D eigenvalue weighted by Gasteiger charge is -2.30. The zero-order valence-corrected chi connectivity index (χ0v) is 39.4. The van der Waals surface area contributed by atoms with E-state index >= 15 is 0 Å². The first kappa shape index (κ1) is 57.6. The highest BCUT2D eigenvalue weighted by atomic mass is 16.4. The first-order chi connectivity index (χ1) is 30.3. The van der Waals surface area contributed by atoms with Crippen LogP contribution >= 0.6 is 0 Å². The molecule has 1 aliphatic heterocycles. The predicted octanol–water partition coefficient (Wildman–Crippen LogP) is -1.41. The van der Waals surface area contributed by atoms with Gasteiger partial charge in [0.25, 0.3) is 0 Å². The molecule has 0 unspecified atom stereocenters. The van der Waals surface area contributed by atoms with Crippen molar-refractivity contribution in [3.8, 4) is 0 Å². The van der Waals surface area contributed by atoms with Crippen molar-refractivity contribution in [1.29, 1.82) is 0 Å². The molecule has 1 saturated heterocycles. The van der Waals surface area contributed by atoms with Crippen LogP contribution < -0.4 is 43.0 Å². The van der Waals surface area contributed by atoms with E-state index in [1.165, 1.54) is 32.6 Å². The Morgan fingerprint density at radius 2 is 1.14 bits per heavy atom. The highest BCUT2D eigenvalue weighted by molar-refractivity contribution is 5.98. The second kappa shape index (κ2) is 28.5. The number of aliphatic hydroxyl groups is 2. The Morgan fingerprint density at radius 1 is 0.615 bits per heavy atom. The molecule has 65 heavy (non-hydrogen) atoms. The molecule has 1 aliphatic rings. The predicted molar refractivity (Wildman–Crippen MR) is 237 cm³/mol. The molecular formula is C43H75N9O13. The van der Waals surface area contributed by atoms with Crippen LogP contribution in [0.15, 0.2) is 0 Å². The van der Waals surface area contributed by atoms with E-state index in [-0.39, 0.29) is 32.2 Å². The summed E-state index contributed by atoms with van der Waals surface area (Å²) < 4.78 is 0. The number of nitrogens with two attached hydrogens (primary N) is 1. The van der Waals surface area contributed by atoms with Crippen molar-refractivity contribution < 1.29 is 63.3 Å². The fourth-order valence-electron chi connectivity index (χ4n) is 7.04. The summed E-state index contributed by atoms with van der Waals surface area (Å²) in [6.07, 6.45) is 2.89. The lowest BCUT2D eigenvalue weighted by Crippen LogP contribution is -2.60. The lowest BCUT2D eigenvalue weighted by molar-refractivity contribution is -0.147. The smallest absolute Gasteiger partial charge is 0.328 e. The lowest BCUT2D eigenvalue weighted by atomic mass is 10.0. The van der Waals surface area contributed by atoms with Crippen molar-refractivity contribution in [2.75, 3.05) is 6.54 Å². The van der Waals surface area contributed by atoms with Gasteiger partial charge in [-0.05, 0) is 65.2 Å². The summed E-state index contributed by atoms with van der Waals surface area (Å²) in [7, 11) is 0. The van der Waals surface area contributed by atoms with Crippen LogP contribution in [0.3, 0.4) is 0 Å². The fourth-order valence-corrected chi connectivity index (χ4v) is 7.04. The van der Waals surface area contributed by atoms with Crippen molar-refractivity contribution in [2.24, 2.45) is 17.6 Å². The molecule has 0 aromatic heterocycles. The van der Waals surface area contributed by atoms with Gasteiger partial charge in [0, 0.05) is 13.0 Å². The summed E-state index contributed by atoms with van der Waals surface area (Å²) in [6.45, 7) is 14.1. The molecule has 0 aromatic rings. The SMILES string of the molecule is CCCCCCC[C@@H](O)CC(=O)N[C@@H](C(=O)N[C@H](C)C(=O)N[C@H](CCC(N)=O)C(=O)N[C@@H](C)C(=O)N[C@@H](C(=O)N[C@@H](C)C(=O)N1CCC[C@H]1C(=O)N[C@H](C(=O)O)[C@@H](C)O)C(C)C)C(C)C. The summed E-state index contributed by atoms with van der Waals surface area (Å²) in [5.41, 5.74) is 5.31. The van der Waals surface area contributed by atoms with E-state index in [0.29, 0.717) is 12.8 Å². The molecule has 0 radical (unpaired) electrons. The number of aliphatic hydroxyl groups excluding tert-OH is 2. The zero-order chi connectivity index (χ0) is 49.7. The van der Waals surface area contributed by atoms with Gasteiger partial charge >= 0.3 is 5.97 Å². The van der Waals surface area contributed by atoms with Gasteiger partial charge in [-0.2, -0.15) is 0 Å². The standard InChI is InChI=1S/C43H75N9O13/c1-10-11-12-13-14-16-28(54)21-32(56)49-33(22(2)3)40(61)46-24(6)36(57)48-29(18-19-31(44)55)38(59)45-25(7)37(58)50-34(23(4)5)41(62)47-26(8)42(63)52-20-15-17-30(52)39(60)51-35(27(9)53)43(64)65/h22-30,33-35,53-54H,10-21H2,1-9H3,(H2,44,55)(H,45,59)(H,46,61)(H,47,62)(H,48,57)(H,49,56)(H,50,58)(H,51,60)(H,64,65)/t24-,25+,26+,27-,28-,29-,30+,33-,34-,35+/m1/s1. The van der Waals surface area contributed by atoms with Crippen LogP contribution in [0.25, 0.3) is 0 Å². The maximum Gasteiger partial charge on any atom is 0.328 e. The average Bonchev–Trinajstić information content (AvgIpc) is 3.71. The Bertz CT molecular complexity index is 1660. The van der Waals surface area contributed by atoms with Crippen LogP contribution in [0.5, 0.6) is 0 Å². The van der Waals surface area contributed by atoms with Crippen LogP contribution in [-0.4, -0.2) is 146 Å². The Labute approximate surface area is 381 Å². The number of primary amides is 1. The van der Waals surface area contributed by atoms with Crippen LogP contribution in [0, 0.1) is 11.8 Å². The van der Waals surface area contributed by atoms with Gasteiger partial charge in [0.15, 0.2) is 6.04 Å². The van der Waals surface area contributed by atoms with Crippen molar-refractivity contribution in [3.63, 3.8) is 0 Å². The van der Waals surface area contributed by atoms with Crippen LogP contribution in [0.2, 0.25) is 0 Å². The van der Waals surface area contributed by atoms with E-state index in [1.807, 2.05) is 0 Å². The quantitative estimate of drug-likeness (QED) is 0.0385. The molecule has 12 N–H and O–H groups in total.